The van der Waals surface area contributed by atoms with Gasteiger partial charge in [-0.2, -0.15) is 0 Å². The number of halogens is 1. The number of fused-ring (bicyclic) bond motifs is 3. The highest BCUT2D eigenvalue weighted by Gasteiger charge is 2.23. The lowest BCUT2D eigenvalue weighted by atomic mass is 10.2. The van der Waals surface area contributed by atoms with Crippen LogP contribution >= 0.6 is 15.9 Å². The van der Waals surface area contributed by atoms with Crippen LogP contribution in [0.15, 0.2) is 34.8 Å². The van der Waals surface area contributed by atoms with Gasteiger partial charge in [-0.05, 0) is 18.2 Å². The summed E-state index contributed by atoms with van der Waals surface area (Å²) in [4.78, 5) is 0. The zero-order valence-corrected chi connectivity index (χ0v) is 11.4. The highest BCUT2D eigenvalue weighted by atomic mass is 79.9. The Hall–Kier alpha value is -1.88. The fraction of sp³-hybridized carbons (Fsp3) is 0.143. The van der Waals surface area contributed by atoms with E-state index in [1.165, 1.54) is 0 Å². The minimum atomic E-state index is 0.550. The van der Waals surface area contributed by atoms with Crippen LogP contribution in [-0.2, 0) is 0 Å². The molecular formula is C14H9BrO4. The molecule has 0 spiro atoms. The second kappa shape index (κ2) is 4.06. The number of ether oxygens (including phenoxy) is 4. The maximum absolute atomic E-state index is 5.83. The van der Waals surface area contributed by atoms with Gasteiger partial charge in [-0.1, -0.05) is 15.9 Å². The van der Waals surface area contributed by atoms with Crippen LogP contribution in [-0.4, -0.2) is 13.2 Å². The van der Waals surface area contributed by atoms with Crippen molar-refractivity contribution in [2.24, 2.45) is 0 Å². The molecule has 2 aromatic carbocycles. The van der Waals surface area contributed by atoms with Crippen LogP contribution in [0.1, 0.15) is 0 Å². The Balaban J connectivity index is 1.80. The first kappa shape index (κ1) is 11.0. The first-order valence-corrected chi connectivity index (χ1v) is 6.68. The molecule has 96 valence electrons. The molecule has 0 unspecified atom stereocenters. The summed E-state index contributed by atoms with van der Waals surface area (Å²) in [5, 5.41) is 0. The van der Waals surface area contributed by atoms with Gasteiger partial charge in [0.25, 0.3) is 0 Å². The topological polar surface area (TPSA) is 36.9 Å². The van der Waals surface area contributed by atoms with Crippen molar-refractivity contribution in [3.05, 3.63) is 34.8 Å². The van der Waals surface area contributed by atoms with E-state index < -0.39 is 0 Å². The predicted octanol–water partition coefficient (Wildman–Crippen LogP) is 4.12. The van der Waals surface area contributed by atoms with Crippen LogP contribution in [0, 0.1) is 0 Å². The highest BCUT2D eigenvalue weighted by Crippen LogP contribution is 2.50. The van der Waals surface area contributed by atoms with E-state index in [4.69, 9.17) is 18.9 Å². The molecule has 4 nitrogen and oxygen atoms in total. The Labute approximate surface area is 118 Å². The van der Waals surface area contributed by atoms with Crippen molar-refractivity contribution in [1.82, 2.24) is 0 Å². The van der Waals surface area contributed by atoms with Crippen LogP contribution in [0.4, 0.5) is 0 Å². The van der Waals surface area contributed by atoms with Crippen molar-refractivity contribution in [2.45, 2.75) is 0 Å². The van der Waals surface area contributed by atoms with Crippen molar-refractivity contribution < 1.29 is 18.9 Å². The Morgan fingerprint density at radius 3 is 1.95 bits per heavy atom. The van der Waals surface area contributed by atoms with E-state index in [-0.39, 0.29) is 0 Å². The molecule has 0 saturated heterocycles. The van der Waals surface area contributed by atoms with E-state index in [9.17, 15) is 0 Å². The molecule has 2 aliphatic rings. The van der Waals surface area contributed by atoms with E-state index >= 15 is 0 Å². The monoisotopic (exact) mass is 320 g/mol. The number of benzene rings is 2. The van der Waals surface area contributed by atoms with Crippen molar-refractivity contribution >= 4 is 15.9 Å². The lowest BCUT2D eigenvalue weighted by Crippen LogP contribution is -2.15. The molecule has 0 radical (unpaired) electrons. The van der Waals surface area contributed by atoms with Gasteiger partial charge in [0.15, 0.2) is 34.5 Å². The van der Waals surface area contributed by atoms with Crippen LogP contribution in [0.2, 0.25) is 0 Å². The maximum Gasteiger partial charge on any atom is 0.174 e. The third-order valence-corrected chi connectivity index (χ3v) is 3.45. The molecule has 0 saturated carbocycles. The second-order valence-corrected chi connectivity index (χ2v) is 5.15. The molecule has 5 heteroatoms. The largest absolute Gasteiger partial charge is 0.486 e. The van der Waals surface area contributed by atoms with Gasteiger partial charge in [0.2, 0.25) is 0 Å². The van der Waals surface area contributed by atoms with E-state index in [1.807, 2.05) is 18.2 Å². The summed E-state index contributed by atoms with van der Waals surface area (Å²) in [5.41, 5.74) is 0. The number of hydrogen-bond donors (Lipinski definition) is 0. The predicted molar refractivity (Wildman–Crippen MR) is 71.7 cm³/mol. The van der Waals surface area contributed by atoms with Gasteiger partial charge in [0, 0.05) is 16.6 Å². The first-order valence-electron chi connectivity index (χ1n) is 5.88. The first-order chi connectivity index (χ1) is 9.29. The van der Waals surface area contributed by atoms with Crippen molar-refractivity contribution in [3.8, 4) is 34.5 Å². The van der Waals surface area contributed by atoms with Crippen molar-refractivity contribution in [3.63, 3.8) is 0 Å². The lowest BCUT2D eigenvalue weighted by Gasteiger charge is -2.24. The molecule has 0 aromatic heterocycles. The van der Waals surface area contributed by atoms with Gasteiger partial charge in [0.05, 0.1) is 0 Å². The second-order valence-electron chi connectivity index (χ2n) is 4.24. The zero-order chi connectivity index (χ0) is 12.8. The number of hydrogen-bond acceptors (Lipinski definition) is 4. The Bertz CT molecular complexity index is 669. The molecule has 0 amide bonds. The molecule has 0 fully saturated rings. The van der Waals surface area contributed by atoms with Gasteiger partial charge < -0.3 is 18.9 Å². The molecule has 2 aromatic rings. The van der Waals surface area contributed by atoms with E-state index in [0.717, 1.165) is 4.47 Å². The molecular weight excluding hydrogens is 312 g/mol. The van der Waals surface area contributed by atoms with Gasteiger partial charge in [0.1, 0.15) is 13.2 Å². The molecule has 19 heavy (non-hydrogen) atoms. The molecule has 0 bridgehead atoms. The van der Waals surface area contributed by atoms with Crippen LogP contribution < -0.4 is 18.9 Å². The van der Waals surface area contributed by atoms with Crippen molar-refractivity contribution in [1.29, 1.82) is 0 Å². The summed E-state index contributed by atoms with van der Waals surface area (Å²) < 4.78 is 23.7. The van der Waals surface area contributed by atoms with E-state index in [1.54, 1.807) is 12.1 Å². The SMILES string of the molecule is Brc1ccc2c(c1)Oc1cc3c(cc1O2)OCCO3. The maximum atomic E-state index is 5.83. The fourth-order valence-electron chi connectivity index (χ4n) is 2.09. The summed E-state index contributed by atoms with van der Waals surface area (Å²) in [6.45, 7) is 1.10. The molecule has 2 heterocycles. The van der Waals surface area contributed by atoms with Crippen LogP contribution in [0.5, 0.6) is 34.5 Å². The minimum absolute atomic E-state index is 0.550. The quantitative estimate of drug-likeness (QED) is 0.624. The van der Waals surface area contributed by atoms with Gasteiger partial charge in [-0.3, -0.25) is 0 Å². The van der Waals surface area contributed by atoms with Gasteiger partial charge >= 0.3 is 0 Å². The van der Waals surface area contributed by atoms with E-state index in [0.29, 0.717) is 47.7 Å². The molecule has 2 aliphatic heterocycles. The molecule has 0 aliphatic carbocycles. The van der Waals surface area contributed by atoms with Crippen LogP contribution in [0.3, 0.4) is 0 Å². The Morgan fingerprint density at radius 2 is 1.26 bits per heavy atom. The normalized spacial score (nSPS) is 14.8. The average Bonchev–Trinajstić information content (AvgIpc) is 2.43. The highest BCUT2D eigenvalue weighted by molar-refractivity contribution is 9.10. The molecule has 0 atom stereocenters. The summed E-state index contributed by atoms with van der Waals surface area (Å²) in [6, 6.07) is 9.24. The summed E-state index contributed by atoms with van der Waals surface area (Å²) in [6.07, 6.45) is 0. The smallest absolute Gasteiger partial charge is 0.174 e. The zero-order valence-electron chi connectivity index (χ0n) is 9.81. The fourth-order valence-corrected chi connectivity index (χ4v) is 2.43. The Morgan fingerprint density at radius 1 is 0.684 bits per heavy atom. The average molecular weight is 321 g/mol. The lowest BCUT2D eigenvalue weighted by molar-refractivity contribution is 0.169. The van der Waals surface area contributed by atoms with E-state index in [2.05, 4.69) is 15.9 Å². The summed E-state index contributed by atoms with van der Waals surface area (Å²) >= 11 is 3.41. The Kier molecular flexibility index (Phi) is 2.35. The summed E-state index contributed by atoms with van der Waals surface area (Å²) in [5.74, 6) is 4.01. The molecule has 0 N–H and O–H groups in total. The third-order valence-electron chi connectivity index (χ3n) is 2.95. The summed E-state index contributed by atoms with van der Waals surface area (Å²) in [7, 11) is 0. The third kappa shape index (κ3) is 1.81. The van der Waals surface area contributed by atoms with Crippen LogP contribution in [0.25, 0.3) is 0 Å². The standard InChI is InChI=1S/C14H9BrO4/c15-8-1-2-9-12(5-8)19-14-7-11-10(6-13(14)18-9)16-3-4-17-11/h1-2,5-7H,3-4H2. The van der Waals surface area contributed by atoms with Crippen molar-refractivity contribution in [2.75, 3.05) is 13.2 Å². The molecule has 4 rings (SSSR count). The van der Waals surface area contributed by atoms with Gasteiger partial charge in [-0.15, -0.1) is 0 Å². The van der Waals surface area contributed by atoms with Gasteiger partial charge in [-0.25, -0.2) is 0 Å². The minimum Gasteiger partial charge on any atom is -0.486 e. The number of rotatable bonds is 0.